The molecule has 1 aliphatic heterocycles. The van der Waals surface area contributed by atoms with Gasteiger partial charge in [-0.05, 0) is 31.9 Å². The first-order valence-electron chi connectivity index (χ1n) is 6.51. The highest BCUT2D eigenvalue weighted by molar-refractivity contribution is 7.11. The zero-order valence-corrected chi connectivity index (χ0v) is 12.2. The SMILES string of the molecule is CCN1CCN(c2snc(N)c2OC(C)C)CC1. The first kappa shape index (κ1) is 13.4. The second kappa shape index (κ2) is 5.75. The molecule has 5 nitrogen and oxygen atoms in total. The van der Waals surface area contributed by atoms with E-state index >= 15 is 0 Å². The summed E-state index contributed by atoms with van der Waals surface area (Å²) in [7, 11) is 0. The summed E-state index contributed by atoms with van der Waals surface area (Å²) >= 11 is 1.44. The first-order valence-corrected chi connectivity index (χ1v) is 7.28. The number of rotatable bonds is 4. The van der Waals surface area contributed by atoms with E-state index in [1.165, 1.54) is 11.5 Å². The standard InChI is InChI=1S/C12H22N4OS/c1-4-15-5-7-16(8-6-15)12-10(17-9(2)3)11(13)14-18-12/h9H,4-8H2,1-3H3,(H2,13,14). The van der Waals surface area contributed by atoms with Crippen LogP contribution in [-0.4, -0.2) is 48.1 Å². The van der Waals surface area contributed by atoms with Gasteiger partial charge in [-0.15, -0.1) is 0 Å². The van der Waals surface area contributed by atoms with Crippen molar-refractivity contribution in [1.29, 1.82) is 0 Å². The van der Waals surface area contributed by atoms with Gasteiger partial charge in [-0.3, -0.25) is 0 Å². The first-order chi connectivity index (χ1) is 8.61. The Balaban J connectivity index is 2.09. The van der Waals surface area contributed by atoms with Gasteiger partial charge in [0.2, 0.25) is 0 Å². The number of piperazine rings is 1. The van der Waals surface area contributed by atoms with Crippen molar-refractivity contribution in [2.24, 2.45) is 0 Å². The number of nitrogens with two attached hydrogens (primary N) is 1. The fourth-order valence-electron chi connectivity index (χ4n) is 2.10. The maximum absolute atomic E-state index is 5.89. The molecule has 1 aliphatic rings. The summed E-state index contributed by atoms with van der Waals surface area (Å²) in [5, 5.41) is 1.08. The van der Waals surface area contributed by atoms with Gasteiger partial charge in [0.15, 0.2) is 16.6 Å². The van der Waals surface area contributed by atoms with Gasteiger partial charge in [0.1, 0.15) is 0 Å². The average molecular weight is 270 g/mol. The second-order valence-corrected chi connectivity index (χ2v) is 5.54. The molecule has 0 unspecified atom stereocenters. The third-order valence-corrected chi connectivity index (χ3v) is 4.02. The van der Waals surface area contributed by atoms with Crippen molar-refractivity contribution in [3.05, 3.63) is 0 Å². The molecule has 0 amide bonds. The molecule has 0 bridgehead atoms. The van der Waals surface area contributed by atoms with Crippen LogP contribution in [0.3, 0.4) is 0 Å². The van der Waals surface area contributed by atoms with Crippen molar-refractivity contribution in [1.82, 2.24) is 9.27 Å². The molecule has 2 N–H and O–H groups in total. The van der Waals surface area contributed by atoms with E-state index in [0.29, 0.717) is 5.82 Å². The normalized spacial score (nSPS) is 17.4. The van der Waals surface area contributed by atoms with E-state index in [1.54, 1.807) is 0 Å². The van der Waals surface area contributed by atoms with Gasteiger partial charge >= 0.3 is 0 Å². The summed E-state index contributed by atoms with van der Waals surface area (Å²) in [4.78, 5) is 4.78. The lowest BCUT2D eigenvalue weighted by atomic mass is 10.3. The molecular weight excluding hydrogens is 248 g/mol. The molecule has 0 aliphatic carbocycles. The zero-order chi connectivity index (χ0) is 13.1. The molecule has 2 heterocycles. The van der Waals surface area contributed by atoms with Gasteiger partial charge in [0, 0.05) is 26.2 Å². The lowest BCUT2D eigenvalue weighted by Crippen LogP contribution is -2.46. The molecule has 1 fully saturated rings. The van der Waals surface area contributed by atoms with Crippen LogP contribution in [0.1, 0.15) is 20.8 Å². The molecule has 2 rings (SSSR count). The number of likely N-dealkylation sites (N-methyl/N-ethyl adjacent to an activating group) is 1. The minimum Gasteiger partial charge on any atom is -0.484 e. The van der Waals surface area contributed by atoms with Crippen LogP contribution in [-0.2, 0) is 0 Å². The Morgan fingerprint density at radius 3 is 2.56 bits per heavy atom. The number of hydrogen-bond acceptors (Lipinski definition) is 6. The Labute approximate surface area is 113 Å². The number of nitrogens with zero attached hydrogens (tertiary/aromatic N) is 3. The Morgan fingerprint density at radius 2 is 2.00 bits per heavy atom. The van der Waals surface area contributed by atoms with Gasteiger partial charge in [0.25, 0.3) is 0 Å². The van der Waals surface area contributed by atoms with Crippen LogP contribution in [0.2, 0.25) is 0 Å². The predicted molar refractivity (Wildman–Crippen MR) is 76.6 cm³/mol. The molecule has 1 aromatic heterocycles. The predicted octanol–water partition coefficient (Wildman–Crippen LogP) is 1.65. The number of aromatic nitrogens is 1. The minimum absolute atomic E-state index is 0.124. The number of ether oxygens (including phenoxy) is 1. The lowest BCUT2D eigenvalue weighted by molar-refractivity contribution is 0.241. The van der Waals surface area contributed by atoms with Crippen LogP contribution in [0.4, 0.5) is 10.8 Å². The maximum atomic E-state index is 5.89. The molecule has 6 heteroatoms. The fourth-order valence-corrected chi connectivity index (χ4v) is 2.90. The average Bonchev–Trinajstić information content (AvgIpc) is 2.71. The molecular formula is C12H22N4OS. The van der Waals surface area contributed by atoms with E-state index in [1.807, 2.05) is 13.8 Å². The summed E-state index contributed by atoms with van der Waals surface area (Å²) in [5.41, 5.74) is 5.89. The van der Waals surface area contributed by atoms with Gasteiger partial charge in [0.05, 0.1) is 6.10 Å². The smallest absolute Gasteiger partial charge is 0.198 e. The van der Waals surface area contributed by atoms with Crippen LogP contribution in [0.25, 0.3) is 0 Å². The summed E-state index contributed by atoms with van der Waals surface area (Å²) in [6.07, 6.45) is 0.124. The van der Waals surface area contributed by atoms with Crippen LogP contribution in [0, 0.1) is 0 Å². The summed E-state index contributed by atoms with van der Waals surface area (Å²) in [6, 6.07) is 0. The maximum Gasteiger partial charge on any atom is 0.198 e. The largest absolute Gasteiger partial charge is 0.484 e. The van der Waals surface area contributed by atoms with Crippen LogP contribution >= 0.6 is 11.5 Å². The molecule has 0 spiro atoms. The summed E-state index contributed by atoms with van der Waals surface area (Å²) in [5.74, 6) is 1.28. The van der Waals surface area contributed by atoms with E-state index in [0.717, 1.165) is 43.5 Å². The number of anilines is 2. The Hall–Kier alpha value is -1.01. The molecule has 1 saturated heterocycles. The monoisotopic (exact) mass is 270 g/mol. The van der Waals surface area contributed by atoms with Crippen LogP contribution in [0.15, 0.2) is 0 Å². The molecule has 1 aromatic rings. The van der Waals surface area contributed by atoms with Gasteiger partial charge in [-0.2, -0.15) is 4.37 Å². The third-order valence-electron chi connectivity index (χ3n) is 3.12. The van der Waals surface area contributed by atoms with E-state index < -0.39 is 0 Å². The van der Waals surface area contributed by atoms with Crippen molar-refractivity contribution < 1.29 is 4.74 Å². The van der Waals surface area contributed by atoms with Gasteiger partial charge in [-0.25, -0.2) is 0 Å². The molecule has 102 valence electrons. The summed E-state index contributed by atoms with van der Waals surface area (Å²) < 4.78 is 10.0. The van der Waals surface area contributed by atoms with Crippen molar-refractivity contribution in [2.45, 2.75) is 26.9 Å². The van der Waals surface area contributed by atoms with Crippen molar-refractivity contribution in [2.75, 3.05) is 43.4 Å². The quantitative estimate of drug-likeness (QED) is 0.901. The fraction of sp³-hybridized carbons (Fsp3) is 0.750. The second-order valence-electron chi connectivity index (χ2n) is 4.79. The topological polar surface area (TPSA) is 54.6 Å². The lowest BCUT2D eigenvalue weighted by Gasteiger charge is -2.34. The Bertz CT molecular complexity index is 385. The highest BCUT2D eigenvalue weighted by Gasteiger charge is 2.23. The minimum atomic E-state index is 0.124. The van der Waals surface area contributed by atoms with Gasteiger partial charge < -0.3 is 20.3 Å². The molecule has 18 heavy (non-hydrogen) atoms. The molecule has 0 aromatic carbocycles. The summed E-state index contributed by atoms with van der Waals surface area (Å²) in [6.45, 7) is 11.6. The van der Waals surface area contributed by atoms with Gasteiger partial charge in [-0.1, -0.05) is 6.92 Å². The van der Waals surface area contributed by atoms with E-state index in [2.05, 4.69) is 21.1 Å². The highest BCUT2D eigenvalue weighted by atomic mass is 32.1. The molecule has 0 saturated carbocycles. The van der Waals surface area contributed by atoms with Crippen LogP contribution in [0.5, 0.6) is 5.75 Å². The Kier molecular flexibility index (Phi) is 4.29. The Morgan fingerprint density at radius 1 is 1.33 bits per heavy atom. The number of hydrogen-bond donors (Lipinski definition) is 1. The highest BCUT2D eigenvalue weighted by Crippen LogP contribution is 2.39. The van der Waals surface area contributed by atoms with E-state index in [-0.39, 0.29) is 6.10 Å². The van der Waals surface area contributed by atoms with Crippen molar-refractivity contribution >= 4 is 22.4 Å². The van der Waals surface area contributed by atoms with E-state index in [9.17, 15) is 0 Å². The van der Waals surface area contributed by atoms with Crippen LogP contribution < -0.4 is 15.4 Å². The molecule has 0 radical (unpaired) electrons. The van der Waals surface area contributed by atoms with E-state index in [4.69, 9.17) is 10.5 Å². The molecule has 0 atom stereocenters. The van der Waals surface area contributed by atoms with Crippen molar-refractivity contribution in [3.63, 3.8) is 0 Å². The zero-order valence-electron chi connectivity index (χ0n) is 11.3. The number of nitrogen functional groups attached to an aromatic ring is 1. The van der Waals surface area contributed by atoms with Crippen molar-refractivity contribution in [3.8, 4) is 5.75 Å². The third kappa shape index (κ3) is 2.87.